The van der Waals surface area contributed by atoms with E-state index in [0.717, 1.165) is 38.4 Å². The van der Waals surface area contributed by atoms with Crippen molar-refractivity contribution in [3.05, 3.63) is 0 Å². The number of carbonyl (C=O) groups excluding carboxylic acids is 1. The van der Waals surface area contributed by atoms with Crippen molar-refractivity contribution in [1.82, 2.24) is 4.90 Å². The number of hydrogen-bond donors (Lipinski definition) is 1. The van der Waals surface area contributed by atoms with Crippen molar-refractivity contribution in [1.29, 1.82) is 0 Å². The van der Waals surface area contributed by atoms with Crippen molar-refractivity contribution in [2.75, 3.05) is 13.6 Å². The number of carbonyl (C=O) groups is 2. The number of aldehydes is 1. The molecule has 0 rings (SSSR count). The van der Waals surface area contributed by atoms with Crippen molar-refractivity contribution in [3.8, 4) is 0 Å². The maximum atomic E-state index is 11.0. The van der Waals surface area contributed by atoms with Crippen LogP contribution >= 0.6 is 0 Å². The van der Waals surface area contributed by atoms with Crippen molar-refractivity contribution < 1.29 is 14.7 Å². The van der Waals surface area contributed by atoms with Gasteiger partial charge in [-0.25, -0.2) is 0 Å². The standard InChI is InChI=1S/C21H41NO3/c1-3-4-5-6-7-10-13-16-20(22(2)19-21(24)25)17-14-11-8-9-12-15-18-23/h18,20H,3-17,19H2,1-2H3,(H,24,25). The molecule has 25 heavy (non-hydrogen) atoms. The molecular formula is C21H41NO3. The highest BCUT2D eigenvalue weighted by Gasteiger charge is 2.16. The topological polar surface area (TPSA) is 57.6 Å². The Bertz CT molecular complexity index is 320. The van der Waals surface area contributed by atoms with Crippen LogP contribution in [-0.4, -0.2) is 41.9 Å². The average molecular weight is 356 g/mol. The van der Waals surface area contributed by atoms with E-state index in [1.807, 2.05) is 11.9 Å². The Labute approximate surface area is 155 Å². The fraction of sp³-hybridized carbons (Fsp3) is 0.905. The number of aliphatic carboxylic acids is 1. The van der Waals surface area contributed by atoms with Gasteiger partial charge in [-0.3, -0.25) is 9.69 Å². The summed E-state index contributed by atoms with van der Waals surface area (Å²) in [6, 6.07) is 0.390. The van der Waals surface area contributed by atoms with Gasteiger partial charge >= 0.3 is 5.97 Å². The van der Waals surface area contributed by atoms with Gasteiger partial charge in [-0.05, 0) is 26.3 Å². The second kappa shape index (κ2) is 17.9. The van der Waals surface area contributed by atoms with E-state index < -0.39 is 5.97 Å². The van der Waals surface area contributed by atoms with Crippen LogP contribution in [-0.2, 0) is 9.59 Å². The first-order valence-corrected chi connectivity index (χ1v) is 10.5. The SMILES string of the molecule is CCCCCCCCCC(CCCCCCCC=O)N(C)CC(=O)O. The van der Waals surface area contributed by atoms with Gasteiger partial charge in [0, 0.05) is 12.5 Å². The molecule has 1 N–H and O–H groups in total. The Morgan fingerprint density at radius 1 is 0.880 bits per heavy atom. The van der Waals surface area contributed by atoms with Crippen LogP contribution < -0.4 is 0 Å². The summed E-state index contributed by atoms with van der Waals surface area (Å²) < 4.78 is 0. The lowest BCUT2D eigenvalue weighted by Gasteiger charge is -2.27. The predicted octanol–water partition coefficient (Wildman–Crippen LogP) is 5.44. The molecule has 0 aromatic heterocycles. The summed E-state index contributed by atoms with van der Waals surface area (Å²) in [6.45, 7) is 2.38. The molecule has 148 valence electrons. The van der Waals surface area contributed by atoms with Crippen LogP contribution in [0.5, 0.6) is 0 Å². The van der Waals surface area contributed by atoms with Gasteiger partial charge in [0.25, 0.3) is 0 Å². The fourth-order valence-electron chi connectivity index (χ4n) is 3.40. The van der Waals surface area contributed by atoms with Crippen molar-refractivity contribution in [2.24, 2.45) is 0 Å². The molecule has 1 atom stereocenters. The quantitative estimate of drug-likeness (QED) is 0.247. The first-order chi connectivity index (χ1) is 12.1. The summed E-state index contributed by atoms with van der Waals surface area (Å²) >= 11 is 0. The average Bonchev–Trinajstić information content (AvgIpc) is 2.57. The van der Waals surface area contributed by atoms with Crippen molar-refractivity contribution in [3.63, 3.8) is 0 Å². The third kappa shape index (κ3) is 16.3. The van der Waals surface area contributed by atoms with E-state index >= 15 is 0 Å². The number of rotatable bonds is 19. The number of nitrogens with zero attached hydrogens (tertiary/aromatic N) is 1. The zero-order chi connectivity index (χ0) is 18.8. The Balaban J connectivity index is 3.94. The first kappa shape index (κ1) is 24.1. The van der Waals surface area contributed by atoms with Crippen LogP contribution in [0.3, 0.4) is 0 Å². The van der Waals surface area contributed by atoms with Gasteiger partial charge in [0.05, 0.1) is 6.54 Å². The Hall–Kier alpha value is -0.900. The normalized spacial score (nSPS) is 12.4. The van der Waals surface area contributed by atoms with Gasteiger partial charge in [0.1, 0.15) is 6.29 Å². The van der Waals surface area contributed by atoms with E-state index in [2.05, 4.69) is 6.92 Å². The lowest BCUT2D eigenvalue weighted by atomic mass is 9.99. The van der Waals surface area contributed by atoms with E-state index in [1.54, 1.807) is 0 Å². The van der Waals surface area contributed by atoms with Gasteiger partial charge in [-0.15, -0.1) is 0 Å². The van der Waals surface area contributed by atoms with Crippen molar-refractivity contribution in [2.45, 2.75) is 109 Å². The smallest absolute Gasteiger partial charge is 0.317 e. The molecule has 0 aromatic rings. The van der Waals surface area contributed by atoms with Crippen LogP contribution in [0.2, 0.25) is 0 Å². The number of carboxylic acids is 1. The molecule has 0 radical (unpaired) electrons. The minimum absolute atomic E-state index is 0.139. The van der Waals surface area contributed by atoms with Crippen LogP contribution in [0.1, 0.15) is 103 Å². The van der Waals surface area contributed by atoms with Crippen LogP contribution in [0.4, 0.5) is 0 Å². The largest absolute Gasteiger partial charge is 0.480 e. The predicted molar refractivity (Wildman–Crippen MR) is 105 cm³/mol. The highest BCUT2D eigenvalue weighted by atomic mass is 16.4. The monoisotopic (exact) mass is 355 g/mol. The summed E-state index contributed by atoms with van der Waals surface area (Å²) in [5.41, 5.74) is 0. The van der Waals surface area contributed by atoms with Crippen LogP contribution in [0, 0.1) is 0 Å². The molecule has 0 aromatic carbocycles. The van der Waals surface area contributed by atoms with Gasteiger partial charge in [-0.2, -0.15) is 0 Å². The number of unbranched alkanes of at least 4 members (excludes halogenated alkanes) is 11. The lowest BCUT2D eigenvalue weighted by molar-refractivity contribution is -0.138. The molecule has 0 spiro atoms. The molecule has 0 bridgehead atoms. The molecule has 4 nitrogen and oxygen atoms in total. The second-order valence-electron chi connectivity index (χ2n) is 7.38. The Kier molecular flexibility index (Phi) is 17.3. The van der Waals surface area contributed by atoms with E-state index in [0.29, 0.717) is 12.5 Å². The summed E-state index contributed by atoms with van der Waals surface area (Å²) in [7, 11) is 1.95. The second-order valence-corrected chi connectivity index (χ2v) is 7.38. The Morgan fingerprint density at radius 3 is 1.84 bits per heavy atom. The lowest BCUT2D eigenvalue weighted by Crippen LogP contribution is -2.35. The molecular weight excluding hydrogens is 314 g/mol. The van der Waals surface area contributed by atoms with Gasteiger partial charge in [0.15, 0.2) is 0 Å². The fourth-order valence-corrected chi connectivity index (χ4v) is 3.40. The van der Waals surface area contributed by atoms with E-state index in [1.165, 1.54) is 57.8 Å². The summed E-state index contributed by atoms with van der Waals surface area (Å²) in [5.74, 6) is -0.735. The third-order valence-corrected chi connectivity index (χ3v) is 5.01. The van der Waals surface area contributed by atoms with Crippen molar-refractivity contribution >= 4 is 12.3 Å². The maximum absolute atomic E-state index is 11.0. The molecule has 0 aliphatic rings. The molecule has 0 aliphatic heterocycles. The van der Waals surface area contributed by atoms with E-state index in [-0.39, 0.29) is 6.54 Å². The number of likely N-dealkylation sites (N-methyl/N-ethyl adjacent to an activating group) is 1. The molecule has 0 amide bonds. The molecule has 0 saturated heterocycles. The molecule has 0 saturated carbocycles. The van der Waals surface area contributed by atoms with Gasteiger partial charge in [0.2, 0.25) is 0 Å². The van der Waals surface area contributed by atoms with Crippen LogP contribution in [0.15, 0.2) is 0 Å². The van der Waals surface area contributed by atoms with Gasteiger partial charge < -0.3 is 9.90 Å². The highest BCUT2D eigenvalue weighted by molar-refractivity contribution is 5.69. The number of carboxylic acid groups (broad SMARTS) is 1. The molecule has 1 unspecified atom stereocenters. The van der Waals surface area contributed by atoms with E-state index in [9.17, 15) is 9.59 Å². The number of hydrogen-bond acceptors (Lipinski definition) is 3. The Morgan fingerprint density at radius 2 is 1.36 bits per heavy atom. The zero-order valence-corrected chi connectivity index (χ0v) is 16.7. The molecule has 0 aliphatic carbocycles. The first-order valence-electron chi connectivity index (χ1n) is 10.5. The van der Waals surface area contributed by atoms with E-state index in [4.69, 9.17) is 5.11 Å². The summed E-state index contributed by atoms with van der Waals surface area (Å²) in [4.78, 5) is 23.3. The highest BCUT2D eigenvalue weighted by Crippen LogP contribution is 2.18. The third-order valence-electron chi connectivity index (χ3n) is 5.01. The summed E-state index contributed by atoms with van der Waals surface area (Å²) in [5, 5.41) is 9.05. The molecule has 4 heteroatoms. The summed E-state index contributed by atoms with van der Waals surface area (Å²) in [6.07, 6.45) is 18.7. The van der Waals surface area contributed by atoms with Crippen LogP contribution in [0.25, 0.3) is 0 Å². The maximum Gasteiger partial charge on any atom is 0.317 e. The zero-order valence-electron chi connectivity index (χ0n) is 16.7. The minimum atomic E-state index is -0.735. The minimum Gasteiger partial charge on any atom is -0.480 e. The molecule has 0 fully saturated rings. The van der Waals surface area contributed by atoms with Gasteiger partial charge in [-0.1, -0.05) is 77.6 Å². The molecule has 0 heterocycles.